The highest BCUT2D eigenvalue weighted by atomic mass is 32.1. The van der Waals surface area contributed by atoms with Crippen molar-refractivity contribution in [3.63, 3.8) is 0 Å². The van der Waals surface area contributed by atoms with E-state index in [4.69, 9.17) is 9.47 Å². The molecule has 160 valence electrons. The first-order chi connectivity index (χ1) is 14.5. The molecule has 0 aliphatic carbocycles. The van der Waals surface area contributed by atoms with Gasteiger partial charge in [-0.15, -0.1) is 11.3 Å². The van der Waals surface area contributed by atoms with E-state index in [0.717, 1.165) is 35.3 Å². The average Bonchev–Trinajstić information content (AvgIpc) is 3.33. The van der Waals surface area contributed by atoms with E-state index in [1.807, 2.05) is 31.2 Å². The van der Waals surface area contributed by atoms with Crippen LogP contribution in [-0.4, -0.2) is 42.3 Å². The summed E-state index contributed by atoms with van der Waals surface area (Å²) >= 11 is 1.16. The lowest BCUT2D eigenvalue weighted by Crippen LogP contribution is -2.40. The molecule has 0 unspecified atom stereocenters. The summed E-state index contributed by atoms with van der Waals surface area (Å²) in [4.78, 5) is 37.3. The van der Waals surface area contributed by atoms with Gasteiger partial charge >= 0.3 is 5.97 Å². The molecule has 2 heterocycles. The molecule has 1 aromatic heterocycles. The number of aromatic nitrogens is 1. The molecular weight excluding hydrogens is 404 g/mol. The molecule has 0 bridgehead atoms. The zero-order valence-corrected chi connectivity index (χ0v) is 18.0. The SMILES string of the molecule is CCOC(=O)/C=c1\s/c(=C\c2ccc(C)cc2)c(=O)n1CC(=O)NC[C@@H]1CCCO1. The predicted molar refractivity (Wildman–Crippen MR) is 116 cm³/mol. The Kier molecular flexibility index (Phi) is 7.59. The molecule has 1 aliphatic heterocycles. The first-order valence-electron chi connectivity index (χ1n) is 10.0. The number of hydrogen-bond donors (Lipinski definition) is 1. The maximum absolute atomic E-state index is 13.0. The topological polar surface area (TPSA) is 86.6 Å². The van der Waals surface area contributed by atoms with Crippen molar-refractivity contribution in [2.24, 2.45) is 0 Å². The third-order valence-corrected chi connectivity index (χ3v) is 5.75. The summed E-state index contributed by atoms with van der Waals surface area (Å²) in [5, 5.41) is 2.81. The summed E-state index contributed by atoms with van der Waals surface area (Å²) in [6.07, 6.45) is 4.94. The number of carbonyl (C=O) groups excluding carboxylic acids is 2. The van der Waals surface area contributed by atoms with Gasteiger partial charge in [-0.3, -0.25) is 14.2 Å². The zero-order chi connectivity index (χ0) is 21.5. The van der Waals surface area contributed by atoms with E-state index in [-0.39, 0.29) is 30.7 Å². The van der Waals surface area contributed by atoms with Crippen LogP contribution in [-0.2, 0) is 25.6 Å². The second-order valence-electron chi connectivity index (χ2n) is 7.09. The Labute approximate surface area is 178 Å². The quantitative estimate of drug-likeness (QED) is 0.653. The fourth-order valence-electron chi connectivity index (χ4n) is 3.12. The van der Waals surface area contributed by atoms with Crippen LogP contribution in [0.2, 0.25) is 0 Å². The summed E-state index contributed by atoms with van der Waals surface area (Å²) < 4.78 is 12.6. The van der Waals surface area contributed by atoms with E-state index in [1.54, 1.807) is 13.0 Å². The lowest BCUT2D eigenvalue weighted by molar-refractivity contribution is -0.135. The second kappa shape index (κ2) is 10.4. The summed E-state index contributed by atoms with van der Waals surface area (Å²) in [6, 6.07) is 7.76. The lowest BCUT2D eigenvalue weighted by Gasteiger charge is -2.10. The Bertz CT molecular complexity index is 1060. The standard InChI is InChI=1S/C22H26N2O5S/c1-3-28-21(26)12-20-24(14-19(25)23-13-17-5-4-10-29-17)22(27)18(30-20)11-16-8-6-15(2)7-9-16/h6-9,11-12,17H,3-5,10,13-14H2,1-2H3,(H,23,25)/b18-11-,20-12-/t17-/m0/s1. The van der Waals surface area contributed by atoms with Crippen LogP contribution in [0.1, 0.15) is 30.9 Å². The number of hydrogen-bond acceptors (Lipinski definition) is 6. The Morgan fingerprint density at radius 1 is 1.33 bits per heavy atom. The zero-order valence-electron chi connectivity index (χ0n) is 17.2. The molecule has 1 fully saturated rings. The average molecular weight is 431 g/mol. The monoisotopic (exact) mass is 430 g/mol. The molecule has 7 nitrogen and oxygen atoms in total. The fraction of sp³-hybridized carbons (Fsp3) is 0.409. The van der Waals surface area contributed by atoms with Gasteiger partial charge in [-0.05, 0) is 38.3 Å². The van der Waals surface area contributed by atoms with E-state index in [2.05, 4.69) is 5.32 Å². The van der Waals surface area contributed by atoms with Gasteiger partial charge in [-0.25, -0.2) is 4.79 Å². The van der Waals surface area contributed by atoms with E-state index >= 15 is 0 Å². The number of thiazole rings is 1. The Morgan fingerprint density at radius 3 is 2.77 bits per heavy atom. The molecule has 1 N–H and O–H groups in total. The number of rotatable bonds is 7. The molecule has 30 heavy (non-hydrogen) atoms. The molecule has 1 aromatic carbocycles. The number of nitrogens with zero attached hydrogens (tertiary/aromatic N) is 1. The first-order valence-corrected chi connectivity index (χ1v) is 10.8. The minimum atomic E-state index is -0.547. The number of nitrogens with one attached hydrogen (secondary N) is 1. The van der Waals surface area contributed by atoms with Crippen LogP contribution in [0.3, 0.4) is 0 Å². The highest BCUT2D eigenvalue weighted by molar-refractivity contribution is 7.07. The normalized spacial score (nSPS) is 17.3. The second-order valence-corrected chi connectivity index (χ2v) is 8.15. The summed E-state index contributed by atoms with van der Waals surface area (Å²) in [5.74, 6) is -0.847. The number of aryl methyl sites for hydroxylation is 1. The highest BCUT2D eigenvalue weighted by Crippen LogP contribution is 2.10. The van der Waals surface area contributed by atoms with Crippen molar-refractivity contribution >= 4 is 35.4 Å². The molecule has 1 atom stereocenters. The van der Waals surface area contributed by atoms with Crippen molar-refractivity contribution < 1.29 is 19.1 Å². The van der Waals surface area contributed by atoms with Crippen molar-refractivity contribution in [3.05, 3.63) is 54.9 Å². The maximum Gasteiger partial charge on any atom is 0.333 e. The van der Waals surface area contributed by atoms with Gasteiger partial charge in [-0.2, -0.15) is 0 Å². The Hall–Kier alpha value is -2.71. The molecular formula is C22H26N2O5S. The molecule has 0 radical (unpaired) electrons. The van der Waals surface area contributed by atoms with E-state index in [9.17, 15) is 14.4 Å². The number of esters is 1. The third kappa shape index (κ3) is 5.90. The van der Waals surface area contributed by atoms with Crippen LogP contribution in [0.5, 0.6) is 0 Å². The largest absolute Gasteiger partial charge is 0.463 e. The smallest absolute Gasteiger partial charge is 0.333 e. The van der Waals surface area contributed by atoms with E-state index in [0.29, 0.717) is 22.3 Å². The highest BCUT2D eigenvalue weighted by Gasteiger charge is 2.17. The maximum atomic E-state index is 13.0. The fourth-order valence-corrected chi connectivity index (χ4v) is 4.15. The van der Waals surface area contributed by atoms with E-state index < -0.39 is 5.97 Å². The van der Waals surface area contributed by atoms with Crippen LogP contribution in [0.15, 0.2) is 29.1 Å². The van der Waals surface area contributed by atoms with Gasteiger partial charge in [-0.1, -0.05) is 29.8 Å². The summed E-state index contributed by atoms with van der Waals surface area (Å²) in [5.41, 5.74) is 1.68. The minimum Gasteiger partial charge on any atom is -0.463 e. The minimum absolute atomic E-state index is 0.0177. The summed E-state index contributed by atoms with van der Waals surface area (Å²) in [7, 11) is 0. The van der Waals surface area contributed by atoms with Crippen LogP contribution >= 0.6 is 11.3 Å². The van der Waals surface area contributed by atoms with Crippen molar-refractivity contribution in [2.75, 3.05) is 19.8 Å². The molecule has 0 spiro atoms. The van der Waals surface area contributed by atoms with Crippen molar-refractivity contribution in [1.29, 1.82) is 0 Å². The Balaban J connectivity index is 1.89. The van der Waals surface area contributed by atoms with Crippen molar-refractivity contribution in [3.8, 4) is 0 Å². The van der Waals surface area contributed by atoms with Gasteiger partial charge in [0.25, 0.3) is 5.56 Å². The third-order valence-electron chi connectivity index (χ3n) is 4.69. The molecule has 1 aliphatic rings. The van der Waals surface area contributed by atoms with Crippen LogP contribution in [0.25, 0.3) is 12.2 Å². The number of ether oxygens (including phenoxy) is 2. The predicted octanol–water partition coefficient (Wildman–Crippen LogP) is 0.686. The molecule has 1 saturated heterocycles. The van der Waals surface area contributed by atoms with Gasteiger partial charge in [0.15, 0.2) is 0 Å². The lowest BCUT2D eigenvalue weighted by atomic mass is 10.1. The van der Waals surface area contributed by atoms with E-state index in [1.165, 1.54) is 10.6 Å². The van der Waals surface area contributed by atoms with Gasteiger partial charge in [0, 0.05) is 13.2 Å². The number of benzene rings is 1. The molecule has 8 heteroatoms. The summed E-state index contributed by atoms with van der Waals surface area (Å²) in [6.45, 7) is 4.88. The van der Waals surface area contributed by atoms with Crippen LogP contribution in [0, 0.1) is 6.92 Å². The van der Waals surface area contributed by atoms with Crippen molar-refractivity contribution in [2.45, 2.75) is 39.3 Å². The van der Waals surface area contributed by atoms with Gasteiger partial charge in [0.2, 0.25) is 5.91 Å². The molecule has 3 rings (SSSR count). The van der Waals surface area contributed by atoms with Crippen LogP contribution in [0.4, 0.5) is 0 Å². The number of carbonyl (C=O) groups is 2. The van der Waals surface area contributed by atoms with Crippen molar-refractivity contribution in [1.82, 2.24) is 9.88 Å². The van der Waals surface area contributed by atoms with Gasteiger partial charge in [0.05, 0.1) is 23.3 Å². The first kappa shape index (κ1) is 22.0. The molecule has 1 amide bonds. The van der Waals surface area contributed by atoms with Gasteiger partial charge < -0.3 is 14.8 Å². The Morgan fingerprint density at radius 2 is 2.10 bits per heavy atom. The number of amides is 1. The molecule has 0 saturated carbocycles. The van der Waals surface area contributed by atoms with Crippen LogP contribution < -0.4 is 20.1 Å². The van der Waals surface area contributed by atoms with Gasteiger partial charge in [0.1, 0.15) is 11.2 Å². The molecule has 2 aromatic rings.